The van der Waals surface area contributed by atoms with Gasteiger partial charge in [-0.2, -0.15) is 5.10 Å². The van der Waals surface area contributed by atoms with E-state index < -0.39 is 5.97 Å². The van der Waals surface area contributed by atoms with Crippen LogP contribution in [0, 0.1) is 6.92 Å². The number of imidazole rings is 1. The van der Waals surface area contributed by atoms with Gasteiger partial charge >= 0.3 is 5.97 Å². The fourth-order valence-corrected chi connectivity index (χ4v) is 4.12. The monoisotopic (exact) mass is 480 g/mol. The lowest BCUT2D eigenvalue weighted by atomic mass is 10.1. The van der Waals surface area contributed by atoms with Crippen molar-refractivity contribution < 1.29 is 14.3 Å². The van der Waals surface area contributed by atoms with Crippen molar-refractivity contribution in [1.29, 1.82) is 0 Å². The number of carbonyl (C=O) groups is 2. The van der Waals surface area contributed by atoms with Crippen LogP contribution in [0.1, 0.15) is 33.5 Å². The summed E-state index contributed by atoms with van der Waals surface area (Å²) in [5, 5.41) is 7.24. The number of para-hydroxylation sites is 2. The smallest absolute Gasteiger partial charge is 0.338 e. The van der Waals surface area contributed by atoms with Gasteiger partial charge in [0.05, 0.1) is 40.3 Å². The lowest BCUT2D eigenvalue weighted by Crippen LogP contribution is -2.18. The largest absolute Gasteiger partial charge is 0.462 e. The zero-order chi connectivity index (χ0) is 25.2. The molecule has 0 fully saturated rings. The zero-order valence-electron chi connectivity index (χ0n) is 20.1. The quantitative estimate of drug-likeness (QED) is 0.358. The molecule has 0 spiro atoms. The Morgan fingerprint density at radius 3 is 2.56 bits per heavy atom. The molecule has 9 heteroatoms. The number of amides is 1. The van der Waals surface area contributed by atoms with Gasteiger partial charge in [0.25, 0.3) is 5.91 Å². The van der Waals surface area contributed by atoms with Crippen LogP contribution in [0.3, 0.4) is 0 Å². The number of nitrogens with zero attached hydrogens (tertiary/aromatic N) is 5. The Morgan fingerprint density at radius 2 is 1.83 bits per heavy atom. The molecule has 180 valence electrons. The van der Waals surface area contributed by atoms with Crippen LogP contribution in [0.2, 0.25) is 0 Å². The van der Waals surface area contributed by atoms with Crippen LogP contribution in [-0.2, 0) is 11.8 Å². The summed E-state index contributed by atoms with van der Waals surface area (Å²) in [6, 6.07) is 20.1. The van der Waals surface area contributed by atoms with Crippen molar-refractivity contribution >= 4 is 28.6 Å². The van der Waals surface area contributed by atoms with E-state index >= 15 is 0 Å². The van der Waals surface area contributed by atoms with Gasteiger partial charge in [-0.1, -0.05) is 18.2 Å². The summed E-state index contributed by atoms with van der Waals surface area (Å²) in [5.74, 6) is -0.229. The second kappa shape index (κ2) is 9.46. The molecule has 5 aromatic rings. The van der Waals surface area contributed by atoms with E-state index in [1.807, 2.05) is 54.0 Å². The third-order valence-corrected chi connectivity index (χ3v) is 5.69. The van der Waals surface area contributed by atoms with Crippen LogP contribution in [0.25, 0.3) is 28.2 Å². The average molecular weight is 481 g/mol. The van der Waals surface area contributed by atoms with Crippen molar-refractivity contribution in [3.63, 3.8) is 0 Å². The molecule has 0 aliphatic heterocycles. The van der Waals surface area contributed by atoms with E-state index in [0.29, 0.717) is 34.2 Å². The van der Waals surface area contributed by atoms with Gasteiger partial charge in [-0.3, -0.25) is 19.0 Å². The molecule has 0 bridgehead atoms. The number of ether oxygens (including phenoxy) is 1. The van der Waals surface area contributed by atoms with Crippen molar-refractivity contribution in [3.05, 3.63) is 89.9 Å². The molecule has 2 aromatic carbocycles. The lowest BCUT2D eigenvalue weighted by Gasteiger charge is -2.16. The first-order valence-electron chi connectivity index (χ1n) is 11.5. The molecule has 9 nitrogen and oxygen atoms in total. The molecule has 1 amide bonds. The minimum absolute atomic E-state index is 0.243. The van der Waals surface area contributed by atoms with Crippen LogP contribution >= 0.6 is 0 Å². The highest BCUT2D eigenvalue weighted by Gasteiger charge is 2.21. The molecule has 0 atom stereocenters. The van der Waals surface area contributed by atoms with E-state index in [1.54, 1.807) is 44.4 Å². The number of rotatable bonds is 6. The normalized spacial score (nSPS) is 11.0. The van der Waals surface area contributed by atoms with Gasteiger partial charge in [-0.05, 0) is 62.4 Å². The second-order valence-electron chi connectivity index (χ2n) is 8.18. The summed E-state index contributed by atoms with van der Waals surface area (Å²) in [5.41, 5.74) is 4.75. The minimum Gasteiger partial charge on any atom is -0.462 e. The maximum Gasteiger partial charge on any atom is 0.338 e. The van der Waals surface area contributed by atoms with Gasteiger partial charge in [-0.25, -0.2) is 9.78 Å². The van der Waals surface area contributed by atoms with Crippen molar-refractivity contribution in [3.8, 4) is 17.2 Å². The molecule has 0 saturated carbocycles. The maximum absolute atomic E-state index is 13.3. The number of pyridine rings is 1. The topological polar surface area (TPSA) is 104 Å². The van der Waals surface area contributed by atoms with Crippen LogP contribution in [0.4, 0.5) is 5.69 Å². The highest BCUT2D eigenvalue weighted by atomic mass is 16.5. The highest BCUT2D eigenvalue weighted by Crippen LogP contribution is 2.32. The van der Waals surface area contributed by atoms with Gasteiger partial charge < -0.3 is 10.1 Å². The molecule has 5 rings (SSSR count). The summed E-state index contributed by atoms with van der Waals surface area (Å²) in [6.45, 7) is 3.81. The van der Waals surface area contributed by atoms with Crippen LogP contribution in [-0.4, -0.2) is 42.8 Å². The molecular weight excluding hydrogens is 456 g/mol. The maximum atomic E-state index is 13.3. The first-order chi connectivity index (χ1) is 17.5. The number of aryl methyl sites for hydroxylation is 2. The van der Waals surface area contributed by atoms with E-state index in [9.17, 15) is 9.59 Å². The number of carbonyl (C=O) groups excluding carboxylic acids is 2. The second-order valence-corrected chi connectivity index (χ2v) is 8.18. The Morgan fingerprint density at radius 1 is 1.03 bits per heavy atom. The van der Waals surface area contributed by atoms with Crippen molar-refractivity contribution in [2.24, 2.45) is 7.05 Å². The molecule has 0 aliphatic carbocycles. The Bertz CT molecular complexity index is 1590. The van der Waals surface area contributed by atoms with Gasteiger partial charge in [0.15, 0.2) is 5.82 Å². The Balaban J connectivity index is 1.71. The van der Waals surface area contributed by atoms with Crippen molar-refractivity contribution in [2.75, 3.05) is 11.9 Å². The number of aromatic nitrogens is 5. The SMILES string of the molecule is CCOC(=O)c1ccc(-n2c(-c3ccccn3)nc3ccccc32)c(NC(=O)c2cc(C)nn2C)c1. The number of esters is 1. The molecule has 0 unspecified atom stereocenters. The molecule has 36 heavy (non-hydrogen) atoms. The summed E-state index contributed by atoms with van der Waals surface area (Å²) < 4.78 is 8.64. The fourth-order valence-electron chi connectivity index (χ4n) is 4.12. The van der Waals surface area contributed by atoms with Crippen molar-refractivity contribution in [2.45, 2.75) is 13.8 Å². The van der Waals surface area contributed by atoms with Gasteiger partial charge in [-0.15, -0.1) is 0 Å². The predicted octanol–water partition coefficient (Wildman–Crippen LogP) is 4.56. The number of hydrogen-bond acceptors (Lipinski definition) is 6. The van der Waals surface area contributed by atoms with E-state index in [0.717, 1.165) is 16.7 Å². The first-order valence-corrected chi connectivity index (χ1v) is 11.5. The molecule has 0 radical (unpaired) electrons. The number of benzene rings is 2. The third-order valence-electron chi connectivity index (χ3n) is 5.69. The minimum atomic E-state index is -0.476. The lowest BCUT2D eigenvalue weighted by molar-refractivity contribution is 0.0526. The third kappa shape index (κ3) is 4.22. The van der Waals surface area contributed by atoms with Crippen LogP contribution in [0.15, 0.2) is 72.9 Å². The van der Waals surface area contributed by atoms with E-state index in [4.69, 9.17) is 9.72 Å². The molecule has 0 aliphatic rings. The zero-order valence-corrected chi connectivity index (χ0v) is 20.1. The Hall–Kier alpha value is -4.79. The Kier molecular flexibility index (Phi) is 6.03. The van der Waals surface area contributed by atoms with Crippen molar-refractivity contribution in [1.82, 2.24) is 24.3 Å². The predicted molar refractivity (Wildman–Crippen MR) is 136 cm³/mol. The number of nitrogens with one attached hydrogen (secondary N) is 1. The van der Waals surface area contributed by atoms with Crippen LogP contribution in [0.5, 0.6) is 0 Å². The van der Waals surface area contributed by atoms with Gasteiger partial charge in [0.2, 0.25) is 0 Å². The standard InChI is InChI=1S/C27H24N6O3/c1-4-36-27(35)18-12-13-23(21(16-18)30-26(34)24-15-17(2)31-32(24)3)33-22-11-6-5-9-19(22)29-25(33)20-10-7-8-14-28-20/h5-16H,4H2,1-3H3,(H,30,34). The van der Waals surface area contributed by atoms with E-state index in [-0.39, 0.29) is 12.5 Å². The summed E-state index contributed by atoms with van der Waals surface area (Å²) in [4.78, 5) is 35.1. The molecule has 3 aromatic heterocycles. The number of anilines is 1. The summed E-state index contributed by atoms with van der Waals surface area (Å²) in [6.07, 6.45) is 1.70. The van der Waals surface area contributed by atoms with Gasteiger partial charge in [0.1, 0.15) is 11.4 Å². The number of hydrogen-bond donors (Lipinski definition) is 1. The Labute approximate surface area is 207 Å². The van der Waals surface area contributed by atoms with E-state index in [2.05, 4.69) is 15.4 Å². The first kappa shape index (κ1) is 23.0. The number of fused-ring (bicyclic) bond motifs is 1. The molecule has 1 N–H and O–H groups in total. The van der Waals surface area contributed by atoms with Crippen LogP contribution < -0.4 is 5.32 Å². The highest BCUT2D eigenvalue weighted by molar-refractivity contribution is 6.05. The van der Waals surface area contributed by atoms with Gasteiger partial charge in [0, 0.05) is 13.2 Å². The fraction of sp³-hybridized carbons (Fsp3) is 0.148. The molecule has 3 heterocycles. The van der Waals surface area contributed by atoms with E-state index in [1.165, 1.54) is 4.68 Å². The molecular formula is C27H24N6O3. The molecule has 0 saturated heterocycles. The average Bonchev–Trinajstić information content (AvgIpc) is 3.44. The summed E-state index contributed by atoms with van der Waals surface area (Å²) >= 11 is 0. The summed E-state index contributed by atoms with van der Waals surface area (Å²) in [7, 11) is 1.71.